The maximum Gasteiger partial charge on any atom is 0.317 e. The molecule has 0 bridgehead atoms. The third-order valence-electron chi connectivity index (χ3n) is 4.07. The first-order chi connectivity index (χ1) is 12.5. The summed E-state index contributed by atoms with van der Waals surface area (Å²) in [6.45, 7) is 0.377. The molecule has 2 N–H and O–H groups in total. The number of carbonyl (C=O) groups excluding carboxylic acids is 1. The van der Waals surface area contributed by atoms with Crippen molar-refractivity contribution in [2.24, 2.45) is 0 Å². The molecule has 2 aromatic rings. The molecule has 0 heterocycles. The average molecular weight is 375 g/mol. The van der Waals surface area contributed by atoms with Crippen LogP contribution in [-0.2, 0) is 17.8 Å². The number of amides is 2. The van der Waals surface area contributed by atoms with Crippen LogP contribution in [0.2, 0.25) is 5.02 Å². The fraction of sp³-hybridized carbons (Fsp3) is 0.300. The first-order valence-corrected chi connectivity index (χ1v) is 8.84. The van der Waals surface area contributed by atoms with Crippen LogP contribution in [0.1, 0.15) is 24.0 Å². The maximum atomic E-state index is 12.5. The lowest BCUT2D eigenvalue weighted by atomic mass is 10.0. The van der Waals surface area contributed by atoms with Gasteiger partial charge in [0, 0.05) is 31.1 Å². The van der Waals surface area contributed by atoms with Gasteiger partial charge in [-0.3, -0.25) is 4.79 Å². The molecule has 0 radical (unpaired) electrons. The smallest absolute Gasteiger partial charge is 0.317 e. The highest BCUT2D eigenvalue weighted by atomic mass is 35.5. The second-order valence-electron chi connectivity index (χ2n) is 6.22. The fourth-order valence-electron chi connectivity index (χ4n) is 2.66. The van der Waals surface area contributed by atoms with E-state index in [0.29, 0.717) is 24.4 Å². The standard InChI is InChI=1S/C20H23ClN2O3/c1-23(14-16-9-5-6-10-18(16)21)20(26)22-17(11-12-19(24)25)13-15-7-3-2-4-8-15/h2-10,17H,11-14H2,1H3,(H,22,26)(H,24,25). The molecule has 0 aliphatic heterocycles. The normalized spacial score (nSPS) is 11.6. The number of hydrogen-bond donors (Lipinski definition) is 2. The highest BCUT2D eigenvalue weighted by Gasteiger charge is 2.18. The van der Waals surface area contributed by atoms with Gasteiger partial charge in [-0.25, -0.2) is 4.79 Å². The molecule has 0 aliphatic rings. The van der Waals surface area contributed by atoms with Crippen LogP contribution in [0.4, 0.5) is 4.79 Å². The van der Waals surface area contributed by atoms with Crippen LogP contribution in [0, 0.1) is 0 Å². The summed E-state index contributed by atoms with van der Waals surface area (Å²) in [6, 6.07) is 16.6. The Labute approximate surface area is 158 Å². The van der Waals surface area contributed by atoms with Gasteiger partial charge in [-0.2, -0.15) is 0 Å². The number of hydrogen-bond acceptors (Lipinski definition) is 2. The SMILES string of the molecule is CN(Cc1ccccc1Cl)C(=O)NC(CCC(=O)O)Cc1ccccc1. The minimum atomic E-state index is -0.873. The number of rotatable bonds is 8. The number of nitrogens with zero attached hydrogens (tertiary/aromatic N) is 1. The molecule has 2 aromatic carbocycles. The number of nitrogens with one attached hydrogen (secondary N) is 1. The molecule has 1 atom stereocenters. The monoisotopic (exact) mass is 374 g/mol. The minimum absolute atomic E-state index is 0.00596. The molecule has 6 heteroatoms. The Morgan fingerprint density at radius 1 is 1.12 bits per heavy atom. The van der Waals surface area contributed by atoms with Gasteiger partial charge in [0.15, 0.2) is 0 Å². The Kier molecular flexibility index (Phi) is 7.48. The average Bonchev–Trinajstić information content (AvgIpc) is 2.62. The molecule has 138 valence electrons. The van der Waals surface area contributed by atoms with Gasteiger partial charge in [0.25, 0.3) is 0 Å². The molecule has 0 aromatic heterocycles. The summed E-state index contributed by atoms with van der Waals surface area (Å²) in [5.74, 6) is -0.873. The van der Waals surface area contributed by atoms with E-state index in [1.165, 1.54) is 0 Å². The topological polar surface area (TPSA) is 69.6 Å². The number of halogens is 1. The fourth-order valence-corrected chi connectivity index (χ4v) is 2.86. The van der Waals surface area contributed by atoms with E-state index in [1.807, 2.05) is 48.5 Å². The lowest BCUT2D eigenvalue weighted by Crippen LogP contribution is -2.44. The molecule has 2 rings (SSSR count). The second kappa shape index (κ2) is 9.82. The quantitative estimate of drug-likeness (QED) is 0.734. The number of carbonyl (C=O) groups is 2. The van der Waals surface area contributed by atoms with Crippen molar-refractivity contribution in [3.8, 4) is 0 Å². The minimum Gasteiger partial charge on any atom is -0.481 e. The lowest BCUT2D eigenvalue weighted by molar-refractivity contribution is -0.137. The predicted octanol–water partition coefficient (Wildman–Crippen LogP) is 3.96. The molecular weight excluding hydrogens is 352 g/mol. The summed E-state index contributed by atoms with van der Waals surface area (Å²) in [6.07, 6.45) is 0.960. The van der Waals surface area contributed by atoms with Crippen LogP contribution in [0.3, 0.4) is 0 Å². The maximum absolute atomic E-state index is 12.5. The summed E-state index contributed by atoms with van der Waals surface area (Å²) < 4.78 is 0. The Balaban J connectivity index is 1.99. The van der Waals surface area contributed by atoms with E-state index >= 15 is 0 Å². The van der Waals surface area contributed by atoms with Crippen LogP contribution in [-0.4, -0.2) is 35.1 Å². The van der Waals surface area contributed by atoms with Crippen molar-refractivity contribution in [1.29, 1.82) is 0 Å². The van der Waals surface area contributed by atoms with Crippen LogP contribution in [0.5, 0.6) is 0 Å². The van der Waals surface area contributed by atoms with Crippen LogP contribution in [0.25, 0.3) is 0 Å². The number of urea groups is 1. The van der Waals surface area contributed by atoms with Gasteiger partial charge in [0.1, 0.15) is 0 Å². The van der Waals surface area contributed by atoms with Crippen molar-refractivity contribution in [3.05, 3.63) is 70.7 Å². The van der Waals surface area contributed by atoms with Gasteiger partial charge in [0.2, 0.25) is 0 Å². The van der Waals surface area contributed by atoms with E-state index in [1.54, 1.807) is 18.0 Å². The van der Waals surface area contributed by atoms with Gasteiger partial charge in [0.05, 0.1) is 0 Å². The van der Waals surface area contributed by atoms with Crippen molar-refractivity contribution in [1.82, 2.24) is 10.2 Å². The molecule has 0 saturated carbocycles. The number of carboxylic acids is 1. The van der Waals surface area contributed by atoms with Crippen molar-refractivity contribution in [2.75, 3.05) is 7.05 Å². The first-order valence-electron chi connectivity index (χ1n) is 8.46. The molecule has 0 spiro atoms. The third kappa shape index (κ3) is 6.41. The molecule has 0 saturated heterocycles. The van der Waals surface area contributed by atoms with E-state index in [-0.39, 0.29) is 18.5 Å². The molecule has 5 nitrogen and oxygen atoms in total. The zero-order valence-corrected chi connectivity index (χ0v) is 15.4. The van der Waals surface area contributed by atoms with E-state index in [0.717, 1.165) is 11.1 Å². The number of benzene rings is 2. The van der Waals surface area contributed by atoms with Crippen LogP contribution < -0.4 is 5.32 Å². The van der Waals surface area contributed by atoms with Crippen LogP contribution >= 0.6 is 11.6 Å². The molecular formula is C20H23ClN2O3. The largest absolute Gasteiger partial charge is 0.481 e. The van der Waals surface area contributed by atoms with Crippen molar-refractivity contribution in [2.45, 2.75) is 31.8 Å². The Hall–Kier alpha value is -2.53. The van der Waals surface area contributed by atoms with Gasteiger partial charge in [-0.05, 0) is 30.0 Å². The Morgan fingerprint density at radius 2 is 1.77 bits per heavy atom. The van der Waals surface area contributed by atoms with Gasteiger partial charge < -0.3 is 15.3 Å². The Morgan fingerprint density at radius 3 is 2.42 bits per heavy atom. The van der Waals surface area contributed by atoms with Crippen molar-refractivity contribution in [3.63, 3.8) is 0 Å². The highest BCUT2D eigenvalue weighted by molar-refractivity contribution is 6.31. The number of carboxylic acid groups (broad SMARTS) is 1. The predicted molar refractivity (Wildman–Crippen MR) is 102 cm³/mol. The van der Waals surface area contributed by atoms with Gasteiger partial charge >= 0.3 is 12.0 Å². The summed E-state index contributed by atoms with van der Waals surface area (Å²) in [5.41, 5.74) is 1.91. The second-order valence-corrected chi connectivity index (χ2v) is 6.62. The van der Waals surface area contributed by atoms with E-state index in [2.05, 4.69) is 5.32 Å². The lowest BCUT2D eigenvalue weighted by Gasteiger charge is -2.24. The molecule has 26 heavy (non-hydrogen) atoms. The zero-order valence-electron chi connectivity index (χ0n) is 14.7. The van der Waals surface area contributed by atoms with Crippen molar-refractivity contribution < 1.29 is 14.7 Å². The third-order valence-corrected chi connectivity index (χ3v) is 4.44. The molecule has 0 aliphatic carbocycles. The van der Waals surface area contributed by atoms with E-state index < -0.39 is 5.97 Å². The summed E-state index contributed by atoms with van der Waals surface area (Å²) in [7, 11) is 1.69. The summed E-state index contributed by atoms with van der Waals surface area (Å²) in [5, 5.41) is 12.5. The van der Waals surface area contributed by atoms with Crippen molar-refractivity contribution >= 4 is 23.6 Å². The van der Waals surface area contributed by atoms with Gasteiger partial charge in [-0.1, -0.05) is 60.1 Å². The molecule has 1 unspecified atom stereocenters. The Bertz CT molecular complexity index is 737. The zero-order chi connectivity index (χ0) is 18.9. The van der Waals surface area contributed by atoms with Gasteiger partial charge in [-0.15, -0.1) is 0 Å². The summed E-state index contributed by atoms with van der Waals surface area (Å²) in [4.78, 5) is 25.0. The highest BCUT2D eigenvalue weighted by Crippen LogP contribution is 2.16. The van der Waals surface area contributed by atoms with E-state index in [9.17, 15) is 9.59 Å². The van der Waals surface area contributed by atoms with Crippen LogP contribution in [0.15, 0.2) is 54.6 Å². The summed E-state index contributed by atoms with van der Waals surface area (Å²) >= 11 is 6.15. The number of aliphatic carboxylic acids is 1. The molecule has 0 fully saturated rings. The first kappa shape index (κ1) is 19.8. The molecule has 2 amide bonds. The van der Waals surface area contributed by atoms with E-state index in [4.69, 9.17) is 16.7 Å².